The predicted octanol–water partition coefficient (Wildman–Crippen LogP) is -2.14. The molecule has 0 amide bonds. The second-order valence-corrected chi connectivity index (χ2v) is 11.0. The minimum Gasteiger partial charge on any atom is -0.387 e. The molecule has 226 valence electrons. The molecule has 0 aliphatic carbocycles. The molecule has 6 rings (SSSR count). The molecule has 9 atom stereocenters. The lowest BCUT2D eigenvalue weighted by Gasteiger charge is -2.25. The van der Waals surface area contributed by atoms with Crippen molar-refractivity contribution in [1.82, 2.24) is 39.0 Å². The van der Waals surface area contributed by atoms with Crippen LogP contribution in [-0.2, 0) is 27.8 Å². The molecule has 5 unspecified atom stereocenters. The third-order valence-electron chi connectivity index (χ3n) is 6.96. The fourth-order valence-electron chi connectivity index (χ4n) is 4.92. The van der Waals surface area contributed by atoms with Crippen LogP contribution in [0.4, 0.5) is 11.6 Å². The standard InChI is InChI=1S/C21H27N10O10P/c1-37-2-8-13(33)15(21(40-8)31-7-29-11-17(23)25-5-27-19(11)31)41-42(35,36)38-3-9-12(32)14(34)20(39-9)30-6-28-10-16(22)24-4-26-18(10)30/h4-9,12-15,20-21,32-34H,2-3H2,1H3,(H,35,36)(H2,22,24,26)(H2,23,25,27)/t8-,9-,12?,13?,14?,15?,20-,21-/m1/s1. The number of phosphoric ester groups is 1. The molecule has 0 bridgehead atoms. The quantitative estimate of drug-likeness (QED) is 0.110. The number of nitrogens with zero attached hydrogens (tertiary/aromatic N) is 8. The maximum atomic E-state index is 13.1. The van der Waals surface area contributed by atoms with Crippen LogP contribution in [0.2, 0.25) is 0 Å². The monoisotopic (exact) mass is 610 g/mol. The number of methoxy groups -OCH3 is 1. The molecular formula is C21H27N10O10P. The molecule has 4 aromatic rings. The molecule has 2 saturated heterocycles. The van der Waals surface area contributed by atoms with E-state index >= 15 is 0 Å². The van der Waals surface area contributed by atoms with Crippen LogP contribution < -0.4 is 11.5 Å². The highest BCUT2D eigenvalue weighted by atomic mass is 31.2. The molecule has 0 spiro atoms. The number of imidazole rings is 2. The molecule has 42 heavy (non-hydrogen) atoms. The Bertz CT molecular complexity index is 1640. The van der Waals surface area contributed by atoms with Crippen LogP contribution in [0.3, 0.4) is 0 Å². The zero-order valence-electron chi connectivity index (χ0n) is 21.8. The summed E-state index contributed by atoms with van der Waals surface area (Å²) in [7, 11) is -3.57. The van der Waals surface area contributed by atoms with Gasteiger partial charge in [-0.1, -0.05) is 0 Å². The van der Waals surface area contributed by atoms with Crippen molar-refractivity contribution in [2.45, 2.75) is 49.1 Å². The normalized spacial score (nSPS) is 31.3. The van der Waals surface area contributed by atoms with Crippen molar-refractivity contribution in [3.05, 3.63) is 25.3 Å². The Morgan fingerprint density at radius 2 is 1.38 bits per heavy atom. The first-order valence-corrected chi connectivity index (χ1v) is 13.9. The molecule has 0 radical (unpaired) electrons. The van der Waals surface area contributed by atoms with Gasteiger partial charge < -0.3 is 45.9 Å². The van der Waals surface area contributed by atoms with Crippen LogP contribution in [0.5, 0.6) is 0 Å². The van der Waals surface area contributed by atoms with Gasteiger partial charge in [0, 0.05) is 7.11 Å². The number of fused-ring (bicyclic) bond motifs is 2. The average molecular weight is 610 g/mol. The van der Waals surface area contributed by atoms with E-state index in [4.69, 9.17) is 34.7 Å². The predicted molar refractivity (Wildman–Crippen MR) is 138 cm³/mol. The van der Waals surface area contributed by atoms with Crippen molar-refractivity contribution in [3.8, 4) is 0 Å². The molecule has 0 saturated carbocycles. The average Bonchev–Trinajstić information content (AvgIpc) is 3.71. The number of nitrogens with two attached hydrogens (primary N) is 2. The summed E-state index contributed by atoms with van der Waals surface area (Å²) in [6, 6.07) is 0. The van der Waals surface area contributed by atoms with Gasteiger partial charge in [0.15, 0.2) is 35.4 Å². The van der Waals surface area contributed by atoms with E-state index in [0.717, 1.165) is 0 Å². The van der Waals surface area contributed by atoms with Crippen LogP contribution >= 0.6 is 7.82 Å². The topological polar surface area (TPSA) is 283 Å². The van der Waals surface area contributed by atoms with Gasteiger partial charge in [0.2, 0.25) is 0 Å². The summed E-state index contributed by atoms with van der Waals surface area (Å²) in [5, 5.41) is 32.1. The maximum absolute atomic E-state index is 13.1. The lowest BCUT2D eigenvalue weighted by Crippen LogP contribution is -2.36. The van der Waals surface area contributed by atoms with E-state index in [1.54, 1.807) is 0 Å². The first-order valence-electron chi connectivity index (χ1n) is 12.5. The van der Waals surface area contributed by atoms with Gasteiger partial charge in [-0.3, -0.25) is 18.2 Å². The number of phosphoric acid groups is 1. The summed E-state index contributed by atoms with van der Waals surface area (Å²) in [5.41, 5.74) is 12.6. The fraction of sp³-hybridized carbons (Fsp3) is 0.524. The molecule has 8 N–H and O–H groups in total. The Morgan fingerprint density at radius 3 is 1.98 bits per heavy atom. The van der Waals surface area contributed by atoms with E-state index in [0.29, 0.717) is 0 Å². The summed E-state index contributed by atoms with van der Waals surface area (Å²) in [6.07, 6.45) is -5.53. The smallest absolute Gasteiger partial charge is 0.387 e. The van der Waals surface area contributed by atoms with Gasteiger partial charge in [0.1, 0.15) is 60.3 Å². The van der Waals surface area contributed by atoms with E-state index in [-0.39, 0.29) is 40.6 Å². The Morgan fingerprint density at radius 1 is 0.833 bits per heavy atom. The molecule has 20 nitrogen and oxygen atoms in total. The Labute approximate surface area is 235 Å². The van der Waals surface area contributed by atoms with Gasteiger partial charge >= 0.3 is 7.82 Å². The number of aromatic nitrogens is 8. The molecule has 2 aliphatic rings. The van der Waals surface area contributed by atoms with E-state index in [9.17, 15) is 24.8 Å². The third kappa shape index (κ3) is 4.96. The van der Waals surface area contributed by atoms with Crippen LogP contribution in [0, 0.1) is 0 Å². The van der Waals surface area contributed by atoms with Gasteiger partial charge in [-0.25, -0.2) is 34.5 Å². The molecule has 4 aromatic heterocycles. The highest BCUT2D eigenvalue weighted by molar-refractivity contribution is 7.47. The van der Waals surface area contributed by atoms with Crippen LogP contribution in [0.1, 0.15) is 12.5 Å². The highest BCUT2D eigenvalue weighted by Crippen LogP contribution is 2.50. The lowest BCUT2D eigenvalue weighted by atomic mass is 10.1. The van der Waals surface area contributed by atoms with Crippen molar-refractivity contribution >= 4 is 41.8 Å². The van der Waals surface area contributed by atoms with Gasteiger partial charge in [-0.2, -0.15) is 0 Å². The number of hydrogen-bond donors (Lipinski definition) is 6. The minimum atomic E-state index is -4.96. The Balaban J connectivity index is 1.18. The zero-order chi connectivity index (χ0) is 29.8. The summed E-state index contributed by atoms with van der Waals surface area (Å²) in [4.78, 5) is 34.8. The SMILES string of the molecule is COC[C@H]1O[C@@H](n2cnc3c(N)ncnc32)C(OP(=O)(O)OC[C@H]2O[C@@H](n3cnc4c(N)ncnc43)C(O)C2O)C1O. The highest BCUT2D eigenvalue weighted by Gasteiger charge is 2.50. The van der Waals surface area contributed by atoms with Crippen molar-refractivity contribution in [3.63, 3.8) is 0 Å². The summed E-state index contributed by atoms with van der Waals surface area (Å²) < 4.78 is 43.0. The number of hydrogen-bond acceptors (Lipinski definition) is 17. The number of aliphatic hydroxyl groups is 3. The van der Waals surface area contributed by atoms with Gasteiger partial charge in [-0.15, -0.1) is 0 Å². The Kier molecular flexibility index (Phi) is 7.51. The van der Waals surface area contributed by atoms with Gasteiger partial charge in [0.25, 0.3) is 0 Å². The number of aliphatic hydroxyl groups excluding tert-OH is 3. The second-order valence-electron chi connectivity index (χ2n) is 9.56. The zero-order valence-corrected chi connectivity index (χ0v) is 22.7. The summed E-state index contributed by atoms with van der Waals surface area (Å²) >= 11 is 0. The summed E-state index contributed by atoms with van der Waals surface area (Å²) in [5.74, 6) is 0.198. The van der Waals surface area contributed by atoms with Crippen LogP contribution in [0.15, 0.2) is 25.3 Å². The molecule has 2 aliphatic heterocycles. The van der Waals surface area contributed by atoms with Crippen molar-refractivity contribution in [1.29, 1.82) is 0 Å². The first-order chi connectivity index (χ1) is 20.1. The number of nitrogen functional groups attached to an aromatic ring is 2. The lowest BCUT2D eigenvalue weighted by molar-refractivity contribution is -0.0637. The minimum absolute atomic E-state index is 0.0707. The molecule has 0 aromatic carbocycles. The molecule has 6 heterocycles. The molecule has 2 fully saturated rings. The molecular weight excluding hydrogens is 583 g/mol. The Hall–Kier alpha value is -3.43. The first kappa shape index (κ1) is 28.7. The number of ether oxygens (including phenoxy) is 3. The van der Waals surface area contributed by atoms with Crippen molar-refractivity contribution in [2.24, 2.45) is 0 Å². The van der Waals surface area contributed by atoms with Crippen LogP contribution in [-0.4, -0.2) is 116 Å². The summed E-state index contributed by atoms with van der Waals surface area (Å²) in [6.45, 7) is -0.751. The van der Waals surface area contributed by atoms with Gasteiger partial charge in [-0.05, 0) is 0 Å². The molecule has 21 heteroatoms. The largest absolute Gasteiger partial charge is 0.472 e. The third-order valence-corrected chi connectivity index (χ3v) is 7.95. The van der Waals surface area contributed by atoms with E-state index in [2.05, 4.69) is 29.9 Å². The second kappa shape index (κ2) is 11.0. The van der Waals surface area contributed by atoms with Crippen LogP contribution in [0.25, 0.3) is 22.3 Å². The maximum Gasteiger partial charge on any atom is 0.472 e. The number of rotatable bonds is 9. The fourth-order valence-corrected chi connectivity index (χ4v) is 5.85. The van der Waals surface area contributed by atoms with E-state index in [1.807, 2.05) is 0 Å². The van der Waals surface area contributed by atoms with Crippen molar-refractivity contribution < 1.29 is 48.0 Å². The van der Waals surface area contributed by atoms with E-state index in [1.165, 1.54) is 41.6 Å². The van der Waals surface area contributed by atoms with Gasteiger partial charge in [0.05, 0.1) is 25.9 Å². The van der Waals surface area contributed by atoms with Crippen molar-refractivity contribution in [2.75, 3.05) is 31.8 Å². The van der Waals surface area contributed by atoms with E-state index < -0.39 is 63.5 Å². The number of anilines is 2.